The topological polar surface area (TPSA) is 143 Å². The van der Waals surface area contributed by atoms with E-state index in [1.807, 2.05) is 60.7 Å². The maximum absolute atomic E-state index is 12.8. The lowest BCUT2D eigenvalue weighted by molar-refractivity contribution is -0.245. The van der Waals surface area contributed by atoms with Gasteiger partial charge < -0.3 is 35.1 Å². The fourth-order valence-corrected chi connectivity index (χ4v) is 6.27. The normalized spacial score (nSPS) is 18.1. The monoisotopic (exact) mass is 656 g/mol. The number of aliphatic hydroxyl groups excluding tert-OH is 1. The van der Waals surface area contributed by atoms with Crippen molar-refractivity contribution in [3.05, 3.63) is 131 Å². The first-order valence-corrected chi connectivity index (χ1v) is 16.1. The van der Waals surface area contributed by atoms with Crippen LogP contribution in [0, 0.1) is 0 Å². The molecule has 0 aliphatic carbocycles. The Morgan fingerprint density at radius 1 is 0.872 bits per heavy atom. The molecule has 2 amide bonds. The lowest BCUT2D eigenvalue weighted by Crippen LogP contribution is -2.45. The number of carbonyl (C=O) groups excluding carboxylic acids is 2. The number of carboxylic acids is 1. The van der Waals surface area contributed by atoms with Gasteiger partial charge in [0.2, 0.25) is 0 Å². The summed E-state index contributed by atoms with van der Waals surface area (Å²) < 4.78 is 17.7. The quantitative estimate of drug-likeness (QED) is 0.105. The molecule has 11 heteroatoms. The number of hydrogen-bond donors (Lipinski definition) is 4. The molecule has 1 fully saturated rings. The van der Waals surface area contributed by atoms with E-state index in [1.165, 1.54) is 18.9 Å². The molecule has 5 rings (SSSR count). The van der Waals surface area contributed by atoms with Gasteiger partial charge in [-0.3, -0.25) is 0 Å². The number of anilines is 1. The van der Waals surface area contributed by atoms with Crippen LogP contribution in [0.2, 0.25) is 0 Å². The van der Waals surface area contributed by atoms with E-state index in [4.69, 9.17) is 14.2 Å². The molecule has 4 atom stereocenters. The number of thioether (sulfide) groups is 1. The summed E-state index contributed by atoms with van der Waals surface area (Å²) in [5.41, 5.74) is 4.07. The minimum absolute atomic E-state index is 0.0609. The van der Waals surface area contributed by atoms with Crippen molar-refractivity contribution < 1.29 is 38.8 Å². The van der Waals surface area contributed by atoms with Crippen molar-refractivity contribution in [2.24, 2.45) is 0 Å². The summed E-state index contributed by atoms with van der Waals surface area (Å²) in [5.74, 6) is -1.04. The van der Waals surface area contributed by atoms with Crippen molar-refractivity contribution in [3.8, 4) is 0 Å². The van der Waals surface area contributed by atoms with Crippen molar-refractivity contribution in [2.75, 3.05) is 18.2 Å². The summed E-state index contributed by atoms with van der Waals surface area (Å²) in [6.45, 7) is -0.0609. The molecule has 1 saturated heterocycles. The Bertz CT molecular complexity index is 1650. The molecule has 1 aliphatic heterocycles. The summed E-state index contributed by atoms with van der Waals surface area (Å²) in [5, 5.41) is 24.5. The zero-order valence-corrected chi connectivity index (χ0v) is 26.5. The number of carbonyl (C=O) groups is 3. The van der Waals surface area contributed by atoms with E-state index in [-0.39, 0.29) is 30.8 Å². The lowest BCUT2D eigenvalue weighted by atomic mass is 10.0. The molecule has 0 radical (unpaired) electrons. The van der Waals surface area contributed by atoms with Gasteiger partial charge in [0.05, 0.1) is 31.5 Å². The molecule has 4 N–H and O–H groups in total. The third-order valence-corrected chi connectivity index (χ3v) is 8.88. The second-order valence-corrected chi connectivity index (χ2v) is 12.0. The zero-order chi connectivity index (χ0) is 33.2. The highest BCUT2D eigenvalue weighted by molar-refractivity contribution is 7.99. The molecular formula is C36H36N2O8S. The minimum Gasteiger partial charge on any atom is -0.478 e. The van der Waals surface area contributed by atoms with E-state index in [0.717, 1.165) is 22.3 Å². The van der Waals surface area contributed by atoms with Gasteiger partial charge in [0, 0.05) is 34.7 Å². The third-order valence-electron chi connectivity index (χ3n) is 7.67. The molecule has 10 nitrogen and oxygen atoms in total. The third kappa shape index (κ3) is 9.20. The van der Waals surface area contributed by atoms with Crippen LogP contribution in [-0.2, 0) is 32.0 Å². The van der Waals surface area contributed by atoms with Gasteiger partial charge in [0.1, 0.15) is 6.04 Å². The van der Waals surface area contributed by atoms with Crippen LogP contribution in [0.25, 0.3) is 0 Å². The van der Waals surface area contributed by atoms with Crippen molar-refractivity contribution in [1.82, 2.24) is 5.32 Å². The van der Waals surface area contributed by atoms with Gasteiger partial charge in [0.25, 0.3) is 0 Å². The molecule has 0 unspecified atom stereocenters. The number of amides is 2. The van der Waals surface area contributed by atoms with Crippen LogP contribution in [0.4, 0.5) is 10.5 Å². The van der Waals surface area contributed by atoms with Gasteiger partial charge in [-0.05, 0) is 41.0 Å². The molecule has 47 heavy (non-hydrogen) atoms. The average molecular weight is 657 g/mol. The number of hydrogen-bond acceptors (Lipinski definition) is 8. The summed E-state index contributed by atoms with van der Waals surface area (Å²) in [6.07, 6.45) is -0.496. The van der Waals surface area contributed by atoms with Crippen LogP contribution in [0.5, 0.6) is 0 Å². The highest BCUT2D eigenvalue weighted by atomic mass is 32.2. The Morgan fingerprint density at radius 3 is 2.23 bits per heavy atom. The number of urea groups is 1. The van der Waals surface area contributed by atoms with Crippen LogP contribution in [-0.4, -0.2) is 53.2 Å². The second kappa shape index (κ2) is 16.2. The highest BCUT2D eigenvalue weighted by Gasteiger charge is 2.32. The van der Waals surface area contributed by atoms with Crippen molar-refractivity contribution >= 4 is 35.4 Å². The Hall–Kier alpha value is -4.68. The molecule has 1 aliphatic rings. The van der Waals surface area contributed by atoms with Crippen LogP contribution < -0.4 is 10.6 Å². The average Bonchev–Trinajstić information content (AvgIpc) is 3.10. The van der Waals surface area contributed by atoms with Gasteiger partial charge in [-0.1, -0.05) is 78.9 Å². The Labute approximate surface area is 277 Å². The molecule has 244 valence electrons. The predicted molar refractivity (Wildman–Crippen MR) is 177 cm³/mol. The first-order chi connectivity index (χ1) is 22.8. The fourth-order valence-electron chi connectivity index (χ4n) is 5.21. The number of carboxylic acid groups (broad SMARTS) is 1. The molecule has 4 aromatic rings. The molecule has 1 heterocycles. The number of esters is 1. The maximum atomic E-state index is 12.8. The predicted octanol–water partition coefficient (Wildman–Crippen LogP) is 6.12. The maximum Gasteiger partial charge on any atom is 0.336 e. The molecule has 0 aromatic heterocycles. The lowest BCUT2D eigenvalue weighted by Gasteiger charge is -2.36. The van der Waals surface area contributed by atoms with Crippen LogP contribution in [0.15, 0.2) is 108 Å². The first kappa shape index (κ1) is 33.7. The number of benzene rings is 4. The summed E-state index contributed by atoms with van der Waals surface area (Å²) >= 11 is 1.42. The smallest absolute Gasteiger partial charge is 0.336 e. The number of ether oxygens (including phenoxy) is 3. The summed E-state index contributed by atoms with van der Waals surface area (Å²) in [4.78, 5) is 37.6. The Balaban J connectivity index is 1.27. The molecule has 0 spiro atoms. The second-order valence-electron chi connectivity index (χ2n) is 10.9. The number of nitrogens with one attached hydrogen (secondary N) is 2. The summed E-state index contributed by atoms with van der Waals surface area (Å²) in [6, 6.07) is 29.4. The van der Waals surface area contributed by atoms with Crippen LogP contribution in [0.3, 0.4) is 0 Å². The molecule has 0 bridgehead atoms. The largest absolute Gasteiger partial charge is 0.478 e. The Kier molecular flexibility index (Phi) is 11.6. The van der Waals surface area contributed by atoms with Crippen molar-refractivity contribution in [1.29, 1.82) is 0 Å². The van der Waals surface area contributed by atoms with Gasteiger partial charge in [-0.15, -0.1) is 11.8 Å². The van der Waals surface area contributed by atoms with Crippen molar-refractivity contribution in [2.45, 2.75) is 48.9 Å². The number of rotatable bonds is 12. The molecule has 4 aromatic carbocycles. The van der Waals surface area contributed by atoms with Crippen molar-refractivity contribution in [3.63, 3.8) is 0 Å². The summed E-state index contributed by atoms with van der Waals surface area (Å²) in [7, 11) is 1.28. The number of aliphatic hydroxyl groups is 1. The standard InChI is InChI=1S/C36H36N2O8S/c1-44-34(42)30(19-23-7-3-2-4-8-23)38-36(43)37-27-17-15-26(16-18-27)35-45-28(22-47-32-10-6-5-9-29(32)33(40)41)20-31(46-35)25-13-11-24(21-39)12-14-25/h2-18,28,30-31,35,39H,19-22H2,1H3,(H,40,41)(H2,37,38,43)/t28-,30-,31+,35+/m0/s1. The van der Waals surface area contributed by atoms with E-state index in [9.17, 15) is 24.6 Å². The molecule has 0 saturated carbocycles. The van der Waals surface area contributed by atoms with Gasteiger partial charge in [-0.25, -0.2) is 14.4 Å². The minimum atomic E-state index is -0.986. The molecular weight excluding hydrogens is 620 g/mol. The van der Waals surface area contributed by atoms with Gasteiger partial charge in [-0.2, -0.15) is 0 Å². The van der Waals surface area contributed by atoms with Gasteiger partial charge >= 0.3 is 18.0 Å². The van der Waals surface area contributed by atoms with Gasteiger partial charge in [0.15, 0.2) is 6.29 Å². The van der Waals surface area contributed by atoms with E-state index < -0.39 is 30.3 Å². The Morgan fingerprint density at radius 2 is 1.55 bits per heavy atom. The van der Waals surface area contributed by atoms with E-state index >= 15 is 0 Å². The highest BCUT2D eigenvalue weighted by Crippen LogP contribution is 2.40. The van der Waals surface area contributed by atoms with E-state index in [2.05, 4.69) is 10.6 Å². The van der Waals surface area contributed by atoms with Crippen LogP contribution >= 0.6 is 11.8 Å². The van der Waals surface area contributed by atoms with E-state index in [0.29, 0.717) is 22.8 Å². The SMILES string of the molecule is COC(=O)[C@H](Cc1ccccc1)NC(=O)Nc1ccc([C@@H]2O[C@H](CSc3ccccc3C(=O)O)C[C@H](c3ccc(CO)cc3)O2)cc1. The number of aromatic carboxylic acids is 1. The van der Waals surface area contributed by atoms with E-state index in [1.54, 1.807) is 42.5 Å². The zero-order valence-electron chi connectivity index (χ0n) is 25.7. The fraction of sp³-hybridized carbons (Fsp3) is 0.250. The number of methoxy groups -OCH3 is 1. The van der Waals surface area contributed by atoms with Crippen LogP contribution in [0.1, 0.15) is 51.4 Å². The first-order valence-electron chi connectivity index (χ1n) is 15.1.